The first-order valence-corrected chi connectivity index (χ1v) is 14.4. The van der Waals surface area contributed by atoms with Gasteiger partial charge in [0, 0.05) is 54.4 Å². The molecular weight excluding hydrogens is 550 g/mol. The third-order valence-electron chi connectivity index (χ3n) is 7.96. The van der Waals surface area contributed by atoms with E-state index in [1.54, 1.807) is 36.7 Å². The third kappa shape index (κ3) is 7.28. The van der Waals surface area contributed by atoms with Crippen LogP contribution in [-0.2, 0) is 17.6 Å². The smallest absolute Gasteiger partial charge is 0.307 e. The molecule has 3 heterocycles. The van der Waals surface area contributed by atoms with Crippen molar-refractivity contribution in [2.24, 2.45) is 5.41 Å². The summed E-state index contributed by atoms with van der Waals surface area (Å²) < 4.78 is 34.6. The molecule has 1 saturated heterocycles. The van der Waals surface area contributed by atoms with Gasteiger partial charge < -0.3 is 20.1 Å². The molecule has 9 heteroatoms. The molecule has 0 amide bonds. The van der Waals surface area contributed by atoms with Gasteiger partial charge in [0.05, 0.1) is 18.7 Å². The molecule has 1 fully saturated rings. The summed E-state index contributed by atoms with van der Waals surface area (Å²) in [5.74, 6) is -1.21. The van der Waals surface area contributed by atoms with Crippen molar-refractivity contribution < 1.29 is 23.4 Å². The summed E-state index contributed by atoms with van der Waals surface area (Å²) in [4.78, 5) is 23.2. The van der Waals surface area contributed by atoms with Crippen molar-refractivity contribution in [1.82, 2.24) is 9.97 Å². The average molecular weight is 587 g/mol. The summed E-state index contributed by atoms with van der Waals surface area (Å²) in [7, 11) is 0. The van der Waals surface area contributed by atoms with Crippen LogP contribution in [0.3, 0.4) is 0 Å². The van der Waals surface area contributed by atoms with Crippen molar-refractivity contribution in [3.8, 4) is 16.9 Å². The highest BCUT2D eigenvalue weighted by Gasteiger charge is 2.31. The van der Waals surface area contributed by atoms with E-state index >= 15 is 4.39 Å². The zero-order chi connectivity index (χ0) is 30.6. The topological polar surface area (TPSA) is 87.6 Å². The summed E-state index contributed by atoms with van der Waals surface area (Å²) in [6.45, 7) is 7.98. The van der Waals surface area contributed by atoms with Crippen molar-refractivity contribution in [2.75, 3.05) is 29.9 Å². The van der Waals surface area contributed by atoms with E-state index in [4.69, 9.17) is 9.72 Å². The van der Waals surface area contributed by atoms with Crippen molar-refractivity contribution in [2.45, 2.75) is 46.5 Å². The van der Waals surface area contributed by atoms with Crippen LogP contribution in [0.1, 0.15) is 43.5 Å². The average Bonchev–Trinajstić information content (AvgIpc) is 2.97. The Balaban J connectivity index is 1.56. The lowest BCUT2D eigenvalue weighted by Crippen LogP contribution is -2.38. The monoisotopic (exact) mass is 586 g/mol. The number of aryl methyl sites for hydroxylation is 1. The number of pyridine rings is 2. The number of nitrogens with zero attached hydrogens (tertiary/aromatic N) is 3. The van der Waals surface area contributed by atoms with E-state index in [1.165, 1.54) is 18.2 Å². The van der Waals surface area contributed by atoms with Gasteiger partial charge >= 0.3 is 5.97 Å². The Bertz CT molecular complexity index is 1580. The van der Waals surface area contributed by atoms with Crippen molar-refractivity contribution in [3.05, 3.63) is 95.4 Å². The van der Waals surface area contributed by atoms with Gasteiger partial charge in [0.15, 0.2) is 11.6 Å². The van der Waals surface area contributed by atoms with Gasteiger partial charge in [-0.1, -0.05) is 32.0 Å². The number of rotatable bonds is 10. The fraction of sp³-hybridized carbons (Fsp3) is 0.324. The van der Waals surface area contributed by atoms with Crippen LogP contribution in [0.4, 0.5) is 26.0 Å². The Morgan fingerprint density at radius 2 is 1.74 bits per heavy atom. The maximum absolute atomic E-state index is 15.6. The summed E-state index contributed by atoms with van der Waals surface area (Å²) >= 11 is 0. The van der Waals surface area contributed by atoms with Crippen LogP contribution in [0.5, 0.6) is 5.75 Å². The molecular formula is C34H36F2N4O3. The molecule has 5 rings (SSSR count). The maximum atomic E-state index is 15.6. The molecule has 0 spiro atoms. The van der Waals surface area contributed by atoms with Gasteiger partial charge in [0.2, 0.25) is 0 Å². The molecule has 1 aliphatic rings. The van der Waals surface area contributed by atoms with Gasteiger partial charge in [-0.3, -0.25) is 9.78 Å². The summed E-state index contributed by atoms with van der Waals surface area (Å²) in [6.07, 6.45) is 5.49. The number of ether oxygens (including phenoxy) is 1. The van der Waals surface area contributed by atoms with E-state index < -0.39 is 11.8 Å². The molecule has 1 aliphatic heterocycles. The van der Waals surface area contributed by atoms with Gasteiger partial charge in [-0.15, -0.1) is 0 Å². The first-order chi connectivity index (χ1) is 20.6. The predicted octanol–water partition coefficient (Wildman–Crippen LogP) is 7.35. The third-order valence-corrected chi connectivity index (χ3v) is 7.96. The Labute approximate surface area is 250 Å². The Morgan fingerprint density at radius 3 is 2.40 bits per heavy atom. The van der Waals surface area contributed by atoms with E-state index in [1.807, 2.05) is 19.1 Å². The van der Waals surface area contributed by atoms with Crippen LogP contribution in [0, 0.1) is 24.0 Å². The number of aromatic nitrogens is 2. The molecule has 2 aromatic heterocycles. The number of anilines is 3. The molecule has 0 bridgehead atoms. The molecule has 4 aromatic rings. The van der Waals surface area contributed by atoms with Crippen LogP contribution < -0.4 is 15.0 Å². The summed E-state index contributed by atoms with van der Waals surface area (Å²) in [5.41, 5.74) is 4.96. The van der Waals surface area contributed by atoms with Crippen LogP contribution in [-0.4, -0.2) is 40.7 Å². The zero-order valence-electron chi connectivity index (χ0n) is 24.7. The van der Waals surface area contributed by atoms with Gasteiger partial charge in [0.1, 0.15) is 11.6 Å². The highest BCUT2D eigenvalue weighted by Crippen LogP contribution is 2.44. The number of carbonyl (C=O) groups is 1. The molecule has 2 N–H and O–H groups in total. The van der Waals surface area contributed by atoms with E-state index in [0.29, 0.717) is 34.6 Å². The number of benzene rings is 2. The second-order valence-corrected chi connectivity index (χ2v) is 11.7. The molecule has 0 aliphatic carbocycles. The number of carboxylic acids is 1. The van der Waals surface area contributed by atoms with Crippen molar-refractivity contribution in [3.63, 3.8) is 0 Å². The van der Waals surface area contributed by atoms with Crippen LogP contribution >= 0.6 is 0 Å². The van der Waals surface area contributed by atoms with E-state index in [2.05, 4.69) is 29.0 Å². The molecule has 43 heavy (non-hydrogen) atoms. The lowest BCUT2D eigenvalue weighted by Gasteiger charge is -2.40. The van der Waals surface area contributed by atoms with E-state index in [9.17, 15) is 14.3 Å². The number of nitrogens with one attached hydrogen (secondary N) is 1. The number of aliphatic carboxylic acids is 1. The van der Waals surface area contributed by atoms with Gasteiger partial charge in [0.25, 0.3) is 0 Å². The zero-order valence-corrected chi connectivity index (χ0v) is 24.7. The van der Waals surface area contributed by atoms with Crippen LogP contribution in [0.25, 0.3) is 11.1 Å². The fourth-order valence-electron chi connectivity index (χ4n) is 5.41. The maximum Gasteiger partial charge on any atom is 0.307 e. The summed E-state index contributed by atoms with van der Waals surface area (Å²) in [5, 5.41) is 13.2. The molecule has 224 valence electrons. The molecule has 0 atom stereocenters. The largest absolute Gasteiger partial charge is 0.490 e. The minimum atomic E-state index is -0.958. The van der Waals surface area contributed by atoms with Crippen LogP contribution in [0.2, 0.25) is 0 Å². The normalized spacial score (nSPS) is 14.4. The Kier molecular flexibility index (Phi) is 8.89. The van der Waals surface area contributed by atoms with Gasteiger partial charge in [-0.05, 0) is 72.7 Å². The van der Waals surface area contributed by atoms with Gasteiger partial charge in [-0.25, -0.2) is 13.8 Å². The standard InChI is InChI=1S/C34H36F2N4O3/c1-22-27(21-30(41)42)32(40-17-13-34(2,3)14-18-40)31(33(38-22)39-26-10-15-37-16-11-26)24-6-9-29(28(36)20-24)43-19-12-23-4-7-25(35)8-5-23/h4-11,15-16,20H,12-14,17-19,21H2,1-3H3,(H,41,42)(H,37,38,39). The second-order valence-electron chi connectivity index (χ2n) is 11.7. The van der Waals surface area contributed by atoms with E-state index in [-0.39, 0.29) is 30.0 Å². The molecule has 0 unspecified atom stereocenters. The fourth-order valence-corrected chi connectivity index (χ4v) is 5.41. The quantitative estimate of drug-likeness (QED) is 0.201. The Morgan fingerprint density at radius 1 is 1.05 bits per heavy atom. The lowest BCUT2D eigenvalue weighted by atomic mass is 9.82. The minimum absolute atomic E-state index is 0.0987. The van der Waals surface area contributed by atoms with E-state index in [0.717, 1.165) is 42.9 Å². The summed E-state index contributed by atoms with van der Waals surface area (Å²) in [6, 6.07) is 14.5. The van der Waals surface area contributed by atoms with Crippen LogP contribution in [0.15, 0.2) is 67.0 Å². The molecule has 7 nitrogen and oxygen atoms in total. The molecule has 2 aromatic carbocycles. The van der Waals surface area contributed by atoms with Gasteiger partial charge in [-0.2, -0.15) is 0 Å². The number of piperidine rings is 1. The second kappa shape index (κ2) is 12.8. The highest BCUT2D eigenvalue weighted by molar-refractivity contribution is 5.93. The first-order valence-electron chi connectivity index (χ1n) is 14.4. The number of carboxylic acid groups (broad SMARTS) is 1. The number of hydrogen-bond donors (Lipinski definition) is 2. The number of halogens is 2. The molecule has 0 radical (unpaired) electrons. The van der Waals surface area contributed by atoms with Crippen molar-refractivity contribution in [1.29, 1.82) is 0 Å². The van der Waals surface area contributed by atoms with Crippen molar-refractivity contribution >= 4 is 23.2 Å². The predicted molar refractivity (Wildman–Crippen MR) is 164 cm³/mol. The minimum Gasteiger partial charge on any atom is -0.490 e. The molecule has 0 saturated carbocycles. The lowest BCUT2D eigenvalue weighted by molar-refractivity contribution is -0.136. The first kappa shape index (κ1) is 29.9. The number of hydrogen-bond acceptors (Lipinski definition) is 6. The Hall–Kier alpha value is -4.53. The highest BCUT2D eigenvalue weighted by atomic mass is 19.1. The SMILES string of the molecule is Cc1nc(Nc2ccncc2)c(-c2ccc(OCCc3ccc(F)cc3)c(F)c2)c(N2CCC(C)(C)CC2)c1CC(=O)O.